The molecule has 0 fully saturated rings. The summed E-state index contributed by atoms with van der Waals surface area (Å²) in [6, 6.07) is 2.03. The van der Waals surface area contributed by atoms with E-state index < -0.39 is 0 Å². The molecule has 0 atom stereocenters. The van der Waals surface area contributed by atoms with E-state index in [2.05, 4.69) is 4.99 Å². The van der Waals surface area contributed by atoms with Crippen molar-refractivity contribution in [3.63, 3.8) is 0 Å². The van der Waals surface area contributed by atoms with E-state index in [1.807, 2.05) is 19.9 Å². The van der Waals surface area contributed by atoms with Gasteiger partial charge in [-0.05, 0) is 13.3 Å². The first-order valence-electron chi connectivity index (χ1n) is 3.49. The topological polar surface area (TPSA) is 62.2 Å². The highest BCUT2D eigenvalue weighted by Gasteiger charge is 2.03. The van der Waals surface area contributed by atoms with Crippen molar-refractivity contribution in [3.05, 3.63) is 11.1 Å². The molecule has 3 heteroatoms. The van der Waals surface area contributed by atoms with Crippen LogP contribution < -0.4 is 5.73 Å². The lowest BCUT2D eigenvalue weighted by molar-refractivity contribution is 1.09. The second-order valence-electron chi connectivity index (χ2n) is 2.23. The Morgan fingerprint density at radius 1 is 1.64 bits per heavy atom. The van der Waals surface area contributed by atoms with Gasteiger partial charge in [-0.15, -0.1) is 0 Å². The summed E-state index contributed by atoms with van der Waals surface area (Å²) in [4.78, 5) is 3.74. The molecular formula is C8H13N3. The third-order valence-electron chi connectivity index (χ3n) is 1.57. The average Bonchev–Trinajstić information content (AvgIpc) is 2.05. The van der Waals surface area contributed by atoms with E-state index in [0.29, 0.717) is 11.4 Å². The zero-order valence-corrected chi connectivity index (χ0v) is 7.18. The quantitative estimate of drug-likeness (QED) is 0.366. The number of rotatable bonds is 2. The fourth-order valence-electron chi connectivity index (χ4n) is 0.660. The van der Waals surface area contributed by atoms with Crippen LogP contribution in [0.3, 0.4) is 0 Å². The zero-order valence-electron chi connectivity index (χ0n) is 7.18. The van der Waals surface area contributed by atoms with Gasteiger partial charge in [0.25, 0.3) is 0 Å². The lowest BCUT2D eigenvalue weighted by atomic mass is 10.1. The minimum atomic E-state index is 0.326. The molecule has 0 aromatic rings. The van der Waals surface area contributed by atoms with Gasteiger partial charge in [0.2, 0.25) is 0 Å². The number of aliphatic imine (C=N–C) groups is 1. The molecule has 0 spiro atoms. The van der Waals surface area contributed by atoms with Gasteiger partial charge in [0, 0.05) is 7.05 Å². The third kappa shape index (κ3) is 2.42. The molecule has 0 aromatic heterocycles. The summed E-state index contributed by atoms with van der Waals surface area (Å²) in [7, 11) is 1.58. The standard InChI is InChI=1S/C8H13N3/c1-4-6(2)7(5-9)8(10)11-3/h4H2,1-3H3,(H2,10,11)/b7-6-. The summed E-state index contributed by atoms with van der Waals surface area (Å²) in [6.45, 7) is 3.87. The van der Waals surface area contributed by atoms with Gasteiger partial charge in [-0.3, -0.25) is 4.99 Å². The van der Waals surface area contributed by atoms with Crippen molar-refractivity contribution in [1.29, 1.82) is 5.26 Å². The molecule has 0 amide bonds. The summed E-state index contributed by atoms with van der Waals surface area (Å²) in [5, 5.41) is 8.66. The number of nitrogens with zero attached hydrogens (tertiary/aromatic N) is 2. The maximum atomic E-state index is 8.66. The van der Waals surface area contributed by atoms with Crippen LogP contribution in [0.25, 0.3) is 0 Å². The summed E-state index contributed by atoms with van der Waals surface area (Å²) in [6.07, 6.45) is 0.832. The van der Waals surface area contributed by atoms with Crippen LogP contribution in [-0.4, -0.2) is 12.9 Å². The maximum Gasteiger partial charge on any atom is 0.136 e. The van der Waals surface area contributed by atoms with Crippen LogP contribution in [0, 0.1) is 11.3 Å². The van der Waals surface area contributed by atoms with Crippen molar-refractivity contribution in [1.82, 2.24) is 0 Å². The van der Waals surface area contributed by atoms with Gasteiger partial charge in [0.15, 0.2) is 0 Å². The molecule has 2 N–H and O–H groups in total. The van der Waals surface area contributed by atoms with Crippen molar-refractivity contribution in [2.75, 3.05) is 7.05 Å². The van der Waals surface area contributed by atoms with Gasteiger partial charge in [-0.2, -0.15) is 5.26 Å². The normalized spacial score (nSPS) is 13.8. The van der Waals surface area contributed by atoms with E-state index in [0.717, 1.165) is 12.0 Å². The number of allylic oxidation sites excluding steroid dienone is 1. The second kappa shape index (κ2) is 4.51. The molecule has 0 saturated carbocycles. The van der Waals surface area contributed by atoms with E-state index in [1.54, 1.807) is 7.05 Å². The fourth-order valence-corrected chi connectivity index (χ4v) is 0.660. The van der Waals surface area contributed by atoms with Gasteiger partial charge in [-0.25, -0.2) is 0 Å². The maximum absolute atomic E-state index is 8.66. The lowest BCUT2D eigenvalue weighted by Gasteiger charge is -2.00. The number of amidine groups is 1. The van der Waals surface area contributed by atoms with Crippen LogP contribution in [0.2, 0.25) is 0 Å². The van der Waals surface area contributed by atoms with Crippen LogP contribution in [-0.2, 0) is 0 Å². The molecule has 0 rings (SSSR count). The van der Waals surface area contributed by atoms with Crippen molar-refractivity contribution in [2.24, 2.45) is 10.7 Å². The zero-order chi connectivity index (χ0) is 8.85. The van der Waals surface area contributed by atoms with Gasteiger partial charge in [0.05, 0.1) is 5.57 Å². The first kappa shape index (κ1) is 9.70. The van der Waals surface area contributed by atoms with E-state index in [1.165, 1.54) is 0 Å². The first-order chi connectivity index (χ1) is 5.17. The van der Waals surface area contributed by atoms with Crippen LogP contribution in [0.1, 0.15) is 20.3 Å². The highest BCUT2D eigenvalue weighted by atomic mass is 14.8. The van der Waals surface area contributed by atoms with Gasteiger partial charge in [-0.1, -0.05) is 12.5 Å². The Hall–Kier alpha value is -1.30. The molecule has 0 aliphatic carbocycles. The number of nitriles is 1. The SMILES string of the molecule is CC/C(C)=C(/C#N)C(N)=NC. The number of nitrogens with two attached hydrogens (primary N) is 1. The number of hydrogen-bond donors (Lipinski definition) is 1. The molecule has 0 heterocycles. The molecule has 0 radical (unpaired) electrons. The van der Waals surface area contributed by atoms with Crippen LogP contribution >= 0.6 is 0 Å². The van der Waals surface area contributed by atoms with Crippen molar-refractivity contribution in [3.8, 4) is 6.07 Å². The molecular weight excluding hydrogens is 138 g/mol. The Bertz CT molecular complexity index is 230. The fraction of sp³-hybridized carbons (Fsp3) is 0.500. The van der Waals surface area contributed by atoms with Crippen LogP contribution in [0.4, 0.5) is 0 Å². The molecule has 0 unspecified atom stereocenters. The van der Waals surface area contributed by atoms with E-state index in [4.69, 9.17) is 11.0 Å². The first-order valence-corrected chi connectivity index (χ1v) is 3.49. The highest BCUT2D eigenvalue weighted by molar-refractivity contribution is 6.01. The Labute approximate surface area is 67.2 Å². The highest BCUT2D eigenvalue weighted by Crippen LogP contribution is 2.06. The monoisotopic (exact) mass is 151 g/mol. The molecule has 11 heavy (non-hydrogen) atoms. The van der Waals surface area contributed by atoms with Crippen LogP contribution in [0.15, 0.2) is 16.1 Å². The molecule has 60 valence electrons. The van der Waals surface area contributed by atoms with E-state index in [9.17, 15) is 0 Å². The summed E-state index contributed by atoms with van der Waals surface area (Å²) in [5.41, 5.74) is 6.97. The Kier molecular flexibility index (Phi) is 3.97. The Balaban J connectivity index is 4.85. The van der Waals surface area contributed by atoms with E-state index >= 15 is 0 Å². The molecule has 0 aliphatic heterocycles. The smallest absolute Gasteiger partial charge is 0.136 e. The summed E-state index contributed by atoms with van der Waals surface area (Å²) < 4.78 is 0. The Morgan fingerprint density at radius 3 is 2.45 bits per heavy atom. The molecule has 0 bridgehead atoms. The average molecular weight is 151 g/mol. The van der Waals surface area contributed by atoms with Gasteiger partial charge in [0.1, 0.15) is 11.9 Å². The van der Waals surface area contributed by atoms with Crippen molar-refractivity contribution < 1.29 is 0 Å². The summed E-state index contributed by atoms with van der Waals surface area (Å²) in [5.74, 6) is 0.326. The second-order valence-corrected chi connectivity index (χ2v) is 2.23. The van der Waals surface area contributed by atoms with Crippen LogP contribution in [0.5, 0.6) is 0 Å². The number of hydrogen-bond acceptors (Lipinski definition) is 2. The predicted molar refractivity (Wildman–Crippen MR) is 46.2 cm³/mol. The van der Waals surface area contributed by atoms with E-state index in [-0.39, 0.29) is 0 Å². The third-order valence-corrected chi connectivity index (χ3v) is 1.57. The predicted octanol–water partition coefficient (Wildman–Crippen LogP) is 1.22. The minimum absolute atomic E-state index is 0.326. The molecule has 3 nitrogen and oxygen atoms in total. The van der Waals surface area contributed by atoms with Crippen molar-refractivity contribution in [2.45, 2.75) is 20.3 Å². The molecule has 0 saturated heterocycles. The molecule has 0 aromatic carbocycles. The van der Waals surface area contributed by atoms with Crippen molar-refractivity contribution >= 4 is 5.84 Å². The van der Waals surface area contributed by atoms with Gasteiger partial charge >= 0.3 is 0 Å². The summed E-state index contributed by atoms with van der Waals surface area (Å²) >= 11 is 0. The van der Waals surface area contributed by atoms with Gasteiger partial charge < -0.3 is 5.73 Å². The molecule has 0 aliphatic rings. The lowest BCUT2D eigenvalue weighted by Crippen LogP contribution is -2.14. The largest absolute Gasteiger partial charge is 0.383 e. The Morgan fingerprint density at radius 2 is 2.18 bits per heavy atom. The minimum Gasteiger partial charge on any atom is -0.383 e.